The molecule has 0 radical (unpaired) electrons. The van der Waals surface area contributed by atoms with Crippen LogP contribution in [-0.4, -0.2) is 33.4 Å². The molecule has 132 valence electrons. The molecule has 0 aromatic heterocycles. The van der Waals surface area contributed by atoms with Crippen molar-refractivity contribution in [2.24, 2.45) is 0 Å². The number of ether oxygens (including phenoxy) is 1. The molecule has 0 unspecified atom stereocenters. The highest BCUT2D eigenvalue weighted by Gasteiger charge is 2.55. The zero-order chi connectivity index (χ0) is 18.0. The fourth-order valence-corrected chi connectivity index (χ4v) is 3.45. The van der Waals surface area contributed by atoms with Crippen molar-refractivity contribution in [3.8, 4) is 5.75 Å². The van der Waals surface area contributed by atoms with Crippen LogP contribution in [0.1, 0.15) is 38.3 Å². The largest absolute Gasteiger partial charge is 0.622 e. The molecular weight excluding hydrogens is 316 g/mol. The van der Waals surface area contributed by atoms with E-state index in [4.69, 9.17) is 4.74 Å². The molecule has 0 fully saturated rings. The van der Waals surface area contributed by atoms with Gasteiger partial charge in [0.2, 0.25) is 5.71 Å². The Morgan fingerprint density at radius 1 is 1.12 bits per heavy atom. The quantitative estimate of drug-likeness (QED) is 0.665. The van der Waals surface area contributed by atoms with Gasteiger partial charge >= 0.3 is 0 Å². The number of hydrogen-bond acceptors (Lipinski definition) is 4. The molecule has 1 heterocycles. The fourth-order valence-electron chi connectivity index (χ4n) is 3.45. The lowest BCUT2D eigenvalue weighted by atomic mass is 10.0. The van der Waals surface area contributed by atoms with Gasteiger partial charge in [0, 0.05) is 18.1 Å². The molecule has 0 bridgehead atoms. The smallest absolute Gasteiger partial charge is 0.274 e. The lowest BCUT2D eigenvalue weighted by molar-refractivity contribution is -0.595. The Labute approximate surface area is 148 Å². The Morgan fingerprint density at radius 2 is 1.76 bits per heavy atom. The minimum atomic E-state index is -1.18. The second-order valence-corrected chi connectivity index (χ2v) is 6.29. The lowest BCUT2D eigenvalue weighted by Crippen LogP contribution is -2.46. The molecule has 0 saturated carbocycles. The standard InChI is InChI=1S/C20H24N2O3/c1-4-18-19(15-9-7-6-8-10-15)22(24)20(3,21(18)23)16-11-13-17(14-12-16)25-5-2/h6-14,18,23H,4-5H2,1-3H3/t18-,20+/m1/s1. The van der Waals surface area contributed by atoms with Gasteiger partial charge in [0.05, 0.1) is 6.61 Å². The first-order valence-electron chi connectivity index (χ1n) is 8.65. The second kappa shape index (κ2) is 6.86. The maximum atomic E-state index is 13.3. The number of benzene rings is 2. The van der Waals surface area contributed by atoms with Crippen molar-refractivity contribution in [3.05, 3.63) is 70.9 Å². The summed E-state index contributed by atoms with van der Waals surface area (Å²) in [7, 11) is 0. The fraction of sp³-hybridized carbons (Fsp3) is 0.350. The SMILES string of the molecule is CCOc1ccc([C@@]2(C)N(O)[C@H](CC)C(c3ccccc3)=[N+]2[O-])cc1. The molecule has 3 rings (SSSR count). The molecule has 0 saturated heterocycles. The van der Waals surface area contributed by atoms with Gasteiger partial charge in [0.1, 0.15) is 11.8 Å². The van der Waals surface area contributed by atoms with Crippen LogP contribution in [0.2, 0.25) is 0 Å². The highest BCUT2D eigenvalue weighted by molar-refractivity contribution is 6.01. The van der Waals surface area contributed by atoms with Crippen molar-refractivity contribution in [1.29, 1.82) is 0 Å². The monoisotopic (exact) mass is 340 g/mol. The van der Waals surface area contributed by atoms with Gasteiger partial charge in [0.15, 0.2) is 0 Å². The second-order valence-electron chi connectivity index (χ2n) is 6.29. The first-order valence-corrected chi connectivity index (χ1v) is 8.65. The molecule has 1 aliphatic rings. The molecule has 0 amide bonds. The van der Waals surface area contributed by atoms with E-state index >= 15 is 0 Å². The van der Waals surface area contributed by atoms with Gasteiger partial charge in [-0.1, -0.05) is 25.1 Å². The molecule has 2 atom stereocenters. The maximum absolute atomic E-state index is 13.3. The first kappa shape index (κ1) is 17.5. The van der Waals surface area contributed by atoms with Crippen molar-refractivity contribution >= 4 is 5.71 Å². The van der Waals surface area contributed by atoms with E-state index in [1.54, 1.807) is 6.92 Å². The number of nitrogens with zero attached hydrogens (tertiary/aromatic N) is 2. The lowest BCUT2D eigenvalue weighted by Gasteiger charge is -2.30. The summed E-state index contributed by atoms with van der Waals surface area (Å²) in [5, 5.41) is 25.3. The van der Waals surface area contributed by atoms with Crippen LogP contribution < -0.4 is 4.74 Å². The molecule has 0 spiro atoms. The molecule has 1 N–H and O–H groups in total. The zero-order valence-electron chi connectivity index (χ0n) is 14.8. The van der Waals surface area contributed by atoms with Crippen LogP contribution in [0.4, 0.5) is 0 Å². The van der Waals surface area contributed by atoms with Crippen LogP contribution in [0.5, 0.6) is 5.75 Å². The molecule has 0 aliphatic carbocycles. The van der Waals surface area contributed by atoms with Crippen LogP contribution in [0, 0.1) is 5.21 Å². The normalized spacial score (nSPS) is 23.9. The molecule has 1 aliphatic heterocycles. The van der Waals surface area contributed by atoms with E-state index in [1.165, 1.54) is 5.06 Å². The highest BCUT2D eigenvalue weighted by Crippen LogP contribution is 2.37. The predicted molar refractivity (Wildman–Crippen MR) is 96.8 cm³/mol. The van der Waals surface area contributed by atoms with Gasteiger partial charge < -0.3 is 15.2 Å². The number of rotatable bonds is 5. The van der Waals surface area contributed by atoms with Crippen molar-refractivity contribution in [3.63, 3.8) is 0 Å². The van der Waals surface area contributed by atoms with Crippen molar-refractivity contribution in [2.75, 3.05) is 6.61 Å². The van der Waals surface area contributed by atoms with Crippen molar-refractivity contribution in [1.82, 2.24) is 5.06 Å². The Balaban J connectivity index is 2.09. The van der Waals surface area contributed by atoms with Crippen LogP contribution in [-0.2, 0) is 5.66 Å². The third-order valence-electron chi connectivity index (χ3n) is 4.84. The van der Waals surface area contributed by atoms with E-state index in [0.717, 1.165) is 21.6 Å². The minimum Gasteiger partial charge on any atom is -0.622 e. The number of hydrogen-bond donors (Lipinski definition) is 1. The third kappa shape index (κ3) is 2.79. The summed E-state index contributed by atoms with van der Waals surface area (Å²) in [6.07, 6.45) is 0.631. The minimum absolute atomic E-state index is 0.364. The average Bonchev–Trinajstić information content (AvgIpc) is 2.84. The van der Waals surface area contributed by atoms with Crippen LogP contribution >= 0.6 is 0 Å². The molecule has 5 heteroatoms. The molecular formula is C20H24N2O3. The zero-order valence-corrected chi connectivity index (χ0v) is 14.8. The maximum Gasteiger partial charge on any atom is 0.274 e. The van der Waals surface area contributed by atoms with Gasteiger partial charge in [0.25, 0.3) is 5.66 Å². The van der Waals surface area contributed by atoms with Crippen molar-refractivity contribution in [2.45, 2.75) is 38.9 Å². The van der Waals surface area contributed by atoms with Crippen LogP contribution in [0.3, 0.4) is 0 Å². The summed E-state index contributed by atoms with van der Waals surface area (Å²) in [5.41, 5.74) is 0.953. The third-order valence-corrected chi connectivity index (χ3v) is 4.84. The highest BCUT2D eigenvalue weighted by atomic mass is 16.6. The summed E-state index contributed by atoms with van der Waals surface area (Å²) in [6, 6.07) is 16.5. The van der Waals surface area contributed by atoms with E-state index in [-0.39, 0.29) is 6.04 Å². The Bertz CT molecular complexity index is 758. The van der Waals surface area contributed by atoms with E-state index in [1.807, 2.05) is 68.4 Å². The first-order chi connectivity index (χ1) is 12.0. The topological polar surface area (TPSA) is 58.8 Å². The predicted octanol–water partition coefficient (Wildman–Crippen LogP) is 3.74. The van der Waals surface area contributed by atoms with E-state index in [9.17, 15) is 10.4 Å². The van der Waals surface area contributed by atoms with Crippen molar-refractivity contribution < 1.29 is 14.7 Å². The molecule has 2 aromatic rings. The molecule has 5 nitrogen and oxygen atoms in total. The average molecular weight is 340 g/mol. The Kier molecular flexibility index (Phi) is 4.79. The van der Waals surface area contributed by atoms with Crippen LogP contribution in [0.25, 0.3) is 0 Å². The molecule has 25 heavy (non-hydrogen) atoms. The van der Waals surface area contributed by atoms with Gasteiger partial charge in [-0.2, -0.15) is 4.74 Å². The summed E-state index contributed by atoms with van der Waals surface area (Å²) in [6.45, 7) is 6.22. The van der Waals surface area contributed by atoms with Gasteiger partial charge in [-0.15, -0.1) is 5.06 Å². The summed E-state index contributed by atoms with van der Waals surface area (Å²) < 4.78 is 6.41. The Hall–Kier alpha value is -2.37. The van der Waals surface area contributed by atoms with Gasteiger partial charge in [-0.05, 0) is 49.7 Å². The summed E-state index contributed by atoms with van der Waals surface area (Å²) in [4.78, 5) is 0. The Morgan fingerprint density at radius 3 is 2.32 bits per heavy atom. The van der Waals surface area contributed by atoms with Gasteiger partial charge in [-0.25, -0.2) is 0 Å². The summed E-state index contributed by atoms with van der Waals surface area (Å²) in [5.74, 6) is 0.745. The summed E-state index contributed by atoms with van der Waals surface area (Å²) >= 11 is 0. The number of hydroxylamine groups is 3. The molecule has 2 aromatic carbocycles. The van der Waals surface area contributed by atoms with E-state index in [0.29, 0.717) is 18.7 Å². The van der Waals surface area contributed by atoms with E-state index in [2.05, 4.69) is 0 Å². The van der Waals surface area contributed by atoms with Gasteiger partial charge in [-0.3, -0.25) is 0 Å². The van der Waals surface area contributed by atoms with Crippen LogP contribution in [0.15, 0.2) is 54.6 Å². The van der Waals surface area contributed by atoms with E-state index < -0.39 is 5.66 Å².